The van der Waals surface area contributed by atoms with Crippen LogP contribution in [-0.4, -0.2) is 65.9 Å². The number of nitrogens with one attached hydrogen (secondary N) is 1. The highest BCUT2D eigenvalue weighted by Gasteiger charge is 2.12. The standard InChI is InChI=1S/C23H26N4O2S/c28-21(24-11-6-12-27-13-15-29-16-14-27)17-30-23-25-20-10-5-4-9-19(20)22(26-23)18-7-2-1-3-8-18/h1-5,7-10H,6,11-17H2,(H,24,28). The summed E-state index contributed by atoms with van der Waals surface area (Å²) in [5.74, 6) is 0.324. The molecule has 1 aromatic heterocycles. The Balaban J connectivity index is 1.34. The van der Waals surface area contributed by atoms with Crippen molar-refractivity contribution in [3.63, 3.8) is 0 Å². The predicted octanol–water partition coefficient (Wildman–Crippen LogP) is 3.23. The van der Waals surface area contributed by atoms with Crippen LogP contribution in [0.5, 0.6) is 0 Å². The lowest BCUT2D eigenvalue weighted by molar-refractivity contribution is -0.118. The van der Waals surface area contributed by atoms with E-state index in [0.717, 1.165) is 61.4 Å². The van der Waals surface area contributed by atoms with Crippen molar-refractivity contribution in [1.29, 1.82) is 0 Å². The van der Waals surface area contributed by atoms with Crippen LogP contribution >= 0.6 is 11.8 Å². The van der Waals surface area contributed by atoms with Crippen molar-refractivity contribution in [2.24, 2.45) is 0 Å². The second kappa shape index (κ2) is 10.5. The molecule has 4 rings (SSSR count). The molecule has 156 valence electrons. The molecule has 0 atom stereocenters. The molecule has 3 aromatic rings. The number of carbonyl (C=O) groups is 1. The SMILES string of the molecule is O=C(CSc1nc(-c2ccccc2)c2ccccc2n1)NCCCN1CCOCC1. The number of carbonyl (C=O) groups excluding carboxylic acids is 1. The number of amides is 1. The van der Waals surface area contributed by atoms with Crippen molar-refractivity contribution in [3.05, 3.63) is 54.6 Å². The van der Waals surface area contributed by atoms with Gasteiger partial charge in [-0.2, -0.15) is 0 Å². The zero-order chi connectivity index (χ0) is 20.6. The molecular weight excluding hydrogens is 396 g/mol. The van der Waals surface area contributed by atoms with Gasteiger partial charge in [-0.1, -0.05) is 60.3 Å². The fourth-order valence-corrected chi connectivity index (χ4v) is 4.15. The van der Waals surface area contributed by atoms with Crippen LogP contribution in [0.25, 0.3) is 22.2 Å². The minimum Gasteiger partial charge on any atom is -0.379 e. The van der Waals surface area contributed by atoms with E-state index in [1.165, 1.54) is 11.8 Å². The maximum atomic E-state index is 12.3. The smallest absolute Gasteiger partial charge is 0.230 e. The molecule has 1 aliphatic rings. The van der Waals surface area contributed by atoms with Crippen LogP contribution in [0.15, 0.2) is 59.8 Å². The highest BCUT2D eigenvalue weighted by molar-refractivity contribution is 7.99. The largest absolute Gasteiger partial charge is 0.379 e. The van der Waals surface area contributed by atoms with Gasteiger partial charge in [0.2, 0.25) is 5.91 Å². The molecule has 1 aliphatic heterocycles. The van der Waals surface area contributed by atoms with Gasteiger partial charge >= 0.3 is 0 Å². The van der Waals surface area contributed by atoms with E-state index in [4.69, 9.17) is 9.72 Å². The summed E-state index contributed by atoms with van der Waals surface area (Å²) < 4.78 is 5.36. The van der Waals surface area contributed by atoms with Crippen LogP contribution in [-0.2, 0) is 9.53 Å². The predicted molar refractivity (Wildman–Crippen MR) is 121 cm³/mol. The first-order valence-corrected chi connectivity index (χ1v) is 11.3. The average Bonchev–Trinajstić information content (AvgIpc) is 2.81. The van der Waals surface area contributed by atoms with Crippen LogP contribution in [0, 0.1) is 0 Å². The van der Waals surface area contributed by atoms with E-state index in [1.54, 1.807) is 0 Å². The first kappa shape index (κ1) is 20.8. The third-order valence-electron chi connectivity index (χ3n) is 5.04. The van der Waals surface area contributed by atoms with E-state index >= 15 is 0 Å². The minimum atomic E-state index is 0.0139. The van der Waals surface area contributed by atoms with Gasteiger partial charge in [-0.3, -0.25) is 9.69 Å². The Bertz CT molecular complexity index is 977. The lowest BCUT2D eigenvalue weighted by Gasteiger charge is -2.26. The van der Waals surface area contributed by atoms with E-state index < -0.39 is 0 Å². The number of ether oxygens (including phenoxy) is 1. The van der Waals surface area contributed by atoms with Gasteiger partial charge in [0.15, 0.2) is 5.16 Å². The molecule has 2 aromatic carbocycles. The van der Waals surface area contributed by atoms with Gasteiger partial charge in [0, 0.05) is 30.6 Å². The molecule has 2 heterocycles. The van der Waals surface area contributed by atoms with E-state index in [9.17, 15) is 4.79 Å². The van der Waals surface area contributed by atoms with Gasteiger partial charge < -0.3 is 10.1 Å². The summed E-state index contributed by atoms with van der Waals surface area (Å²) in [6.45, 7) is 5.24. The molecule has 1 fully saturated rings. The average molecular weight is 423 g/mol. The van der Waals surface area contributed by atoms with Crippen molar-refractivity contribution in [2.75, 3.05) is 45.1 Å². The fraction of sp³-hybridized carbons (Fsp3) is 0.348. The number of benzene rings is 2. The van der Waals surface area contributed by atoms with Gasteiger partial charge in [0.25, 0.3) is 0 Å². The Morgan fingerprint density at radius 1 is 1.03 bits per heavy atom. The van der Waals surface area contributed by atoms with Crippen LogP contribution in [0.2, 0.25) is 0 Å². The number of aromatic nitrogens is 2. The number of para-hydroxylation sites is 1. The lowest BCUT2D eigenvalue weighted by atomic mass is 10.1. The number of fused-ring (bicyclic) bond motifs is 1. The monoisotopic (exact) mass is 422 g/mol. The van der Waals surface area contributed by atoms with Crippen LogP contribution in [0.1, 0.15) is 6.42 Å². The molecule has 1 amide bonds. The van der Waals surface area contributed by atoms with Crippen LogP contribution < -0.4 is 5.32 Å². The summed E-state index contributed by atoms with van der Waals surface area (Å²) in [4.78, 5) is 24.0. The molecule has 0 saturated carbocycles. The molecule has 7 heteroatoms. The van der Waals surface area contributed by atoms with Crippen molar-refractivity contribution in [3.8, 4) is 11.3 Å². The topological polar surface area (TPSA) is 67.4 Å². The maximum absolute atomic E-state index is 12.3. The summed E-state index contributed by atoms with van der Waals surface area (Å²) in [6.07, 6.45) is 0.945. The molecule has 30 heavy (non-hydrogen) atoms. The number of nitrogens with zero attached hydrogens (tertiary/aromatic N) is 3. The van der Waals surface area contributed by atoms with Gasteiger partial charge in [-0.05, 0) is 19.0 Å². The highest BCUT2D eigenvalue weighted by Crippen LogP contribution is 2.28. The summed E-state index contributed by atoms with van der Waals surface area (Å²) in [5.41, 5.74) is 2.83. The lowest BCUT2D eigenvalue weighted by Crippen LogP contribution is -2.38. The van der Waals surface area contributed by atoms with Gasteiger partial charge in [-0.15, -0.1) is 0 Å². The summed E-state index contributed by atoms with van der Waals surface area (Å²) in [6, 6.07) is 18.1. The fourth-order valence-electron chi connectivity index (χ4n) is 3.47. The summed E-state index contributed by atoms with van der Waals surface area (Å²) >= 11 is 1.38. The molecule has 0 unspecified atom stereocenters. The normalized spacial score (nSPS) is 14.7. The molecule has 1 N–H and O–H groups in total. The third kappa shape index (κ3) is 5.56. The third-order valence-corrected chi connectivity index (χ3v) is 5.89. The van der Waals surface area contributed by atoms with Crippen molar-refractivity contribution in [1.82, 2.24) is 20.2 Å². The van der Waals surface area contributed by atoms with E-state index in [-0.39, 0.29) is 5.91 Å². The Labute approximate surface area is 181 Å². The molecule has 0 aliphatic carbocycles. The van der Waals surface area contributed by atoms with E-state index in [1.807, 2.05) is 54.6 Å². The number of morpholine rings is 1. The Morgan fingerprint density at radius 2 is 1.80 bits per heavy atom. The van der Waals surface area contributed by atoms with Gasteiger partial charge in [-0.25, -0.2) is 9.97 Å². The van der Waals surface area contributed by atoms with Gasteiger partial charge in [0.05, 0.1) is 30.2 Å². The molecule has 1 saturated heterocycles. The van der Waals surface area contributed by atoms with E-state index in [0.29, 0.717) is 17.5 Å². The number of hydrogen-bond acceptors (Lipinski definition) is 6. The zero-order valence-electron chi connectivity index (χ0n) is 16.9. The van der Waals surface area contributed by atoms with Crippen molar-refractivity contribution in [2.45, 2.75) is 11.6 Å². The molecule has 0 bridgehead atoms. The number of hydrogen-bond donors (Lipinski definition) is 1. The number of rotatable bonds is 8. The Morgan fingerprint density at radius 3 is 2.63 bits per heavy atom. The van der Waals surface area contributed by atoms with Crippen LogP contribution in [0.4, 0.5) is 0 Å². The minimum absolute atomic E-state index is 0.0139. The number of thioether (sulfide) groups is 1. The second-order valence-electron chi connectivity index (χ2n) is 7.18. The highest BCUT2D eigenvalue weighted by atomic mass is 32.2. The molecule has 0 radical (unpaired) electrons. The van der Waals surface area contributed by atoms with Gasteiger partial charge in [0.1, 0.15) is 0 Å². The first-order chi connectivity index (χ1) is 14.8. The molecular formula is C23H26N4O2S. The van der Waals surface area contributed by atoms with Crippen LogP contribution in [0.3, 0.4) is 0 Å². The zero-order valence-corrected chi connectivity index (χ0v) is 17.7. The molecule has 0 spiro atoms. The van der Waals surface area contributed by atoms with E-state index in [2.05, 4.69) is 15.2 Å². The first-order valence-electron chi connectivity index (χ1n) is 10.3. The summed E-state index contributed by atoms with van der Waals surface area (Å²) in [7, 11) is 0. The molecule has 6 nitrogen and oxygen atoms in total. The second-order valence-corrected chi connectivity index (χ2v) is 8.13. The van der Waals surface area contributed by atoms with Crippen molar-refractivity contribution < 1.29 is 9.53 Å². The maximum Gasteiger partial charge on any atom is 0.230 e. The van der Waals surface area contributed by atoms with Crippen molar-refractivity contribution >= 4 is 28.6 Å². The summed E-state index contributed by atoms with van der Waals surface area (Å²) in [5, 5.41) is 4.64. The Hall–Kier alpha value is -2.48. The Kier molecular flexibility index (Phi) is 7.29. The quantitative estimate of drug-likeness (QED) is 0.342.